The topological polar surface area (TPSA) is 137 Å². The monoisotopic (exact) mass is 586 g/mol. The molecular formula is C25H23ClF4N4O6. The molecule has 4 rings (SSSR count). The van der Waals surface area contributed by atoms with Gasteiger partial charge >= 0.3 is 18.4 Å². The molecule has 10 nitrogen and oxygen atoms in total. The predicted molar refractivity (Wildman–Crippen MR) is 134 cm³/mol. The van der Waals surface area contributed by atoms with Crippen LogP contribution in [0, 0.1) is 5.82 Å². The summed E-state index contributed by atoms with van der Waals surface area (Å²) in [5, 5.41) is 15.3. The second-order valence-corrected chi connectivity index (χ2v) is 9.75. The zero-order valence-corrected chi connectivity index (χ0v) is 21.4. The van der Waals surface area contributed by atoms with Gasteiger partial charge in [-0.2, -0.15) is 13.2 Å². The smallest absolute Gasteiger partial charge is 0.412 e. The first-order valence-electron chi connectivity index (χ1n) is 12.0. The standard InChI is InChI=1S/C25H23ClF4N4O6/c26-15-6-7-16-18(19(15)27)24(40-23(39)33-16)9-1-11-34(12-24)21(36)17(8-10-25(28,29)30)32-20(35)13-2-4-14(5-3-13)31-22(37)38/h2-7,17,31H,1,8-12H2,(H,32,35)(H,33,39)(H,37,38)/t17-,24-/m0/s1. The van der Waals surface area contributed by atoms with E-state index < -0.39 is 60.5 Å². The van der Waals surface area contributed by atoms with Crippen LogP contribution in [0.25, 0.3) is 0 Å². The van der Waals surface area contributed by atoms with Crippen LogP contribution in [-0.2, 0) is 15.1 Å². The number of carbonyl (C=O) groups is 4. The Labute approximate surface area is 229 Å². The molecule has 0 bridgehead atoms. The lowest BCUT2D eigenvalue weighted by Gasteiger charge is -2.45. The number of hydrogen-bond acceptors (Lipinski definition) is 5. The zero-order chi connectivity index (χ0) is 29.2. The molecule has 2 aliphatic rings. The lowest BCUT2D eigenvalue weighted by Crippen LogP contribution is -2.57. The number of fused-ring (bicyclic) bond motifs is 2. The number of benzene rings is 2. The van der Waals surface area contributed by atoms with E-state index in [0.717, 1.165) is 4.90 Å². The highest BCUT2D eigenvalue weighted by molar-refractivity contribution is 6.31. The molecule has 2 aromatic carbocycles. The minimum Gasteiger partial charge on any atom is -0.465 e. The van der Waals surface area contributed by atoms with E-state index in [4.69, 9.17) is 21.4 Å². The van der Waals surface area contributed by atoms with Crippen molar-refractivity contribution in [1.29, 1.82) is 0 Å². The third kappa shape index (κ3) is 6.38. The molecular weight excluding hydrogens is 564 g/mol. The molecule has 0 unspecified atom stereocenters. The second kappa shape index (κ2) is 11.2. The van der Waals surface area contributed by atoms with Crippen molar-refractivity contribution in [1.82, 2.24) is 10.2 Å². The van der Waals surface area contributed by atoms with E-state index in [9.17, 15) is 32.3 Å². The molecule has 214 valence electrons. The van der Waals surface area contributed by atoms with Gasteiger partial charge in [0, 0.05) is 24.2 Å². The predicted octanol–water partition coefficient (Wildman–Crippen LogP) is 5.09. The number of likely N-dealkylation sites (tertiary alicyclic amines) is 1. The number of carbonyl (C=O) groups excluding carboxylic acids is 3. The van der Waals surface area contributed by atoms with Crippen LogP contribution in [0.2, 0.25) is 5.02 Å². The first-order chi connectivity index (χ1) is 18.8. The Hall–Kier alpha value is -4.07. The Balaban J connectivity index is 1.58. The van der Waals surface area contributed by atoms with Crippen LogP contribution in [0.3, 0.4) is 0 Å². The number of rotatable bonds is 6. The molecule has 1 saturated heterocycles. The van der Waals surface area contributed by atoms with Crippen molar-refractivity contribution in [2.75, 3.05) is 23.7 Å². The molecule has 2 atom stereocenters. The summed E-state index contributed by atoms with van der Waals surface area (Å²) in [4.78, 5) is 50.6. The van der Waals surface area contributed by atoms with E-state index in [1.165, 1.54) is 36.4 Å². The zero-order valence-electron chi connectivity index (χ0n) is 20.6. The summed E-state index contributed by atoms with van der Waals surface area (Å²) >= 11 is 5.96. The van der Waals surface area contributed by atoms with Gasteiger partial charge in [-0.1, -0.05) is 11.6 Å². The minimum atomic E-state index is -4.63. The number of nitrogens with one attached hydrogen (secondary N) is 3. The molecule has 0 aliphatic carbocycles. The lowest BCUT2D eigenvalue weighted by molar-refractivity contribution is -0.147. The van der Waals surface area contributed by atoms with Crippen molar-refractivity contribution < 1.29 is 46.6 Å². The number of alkyl halides is 3. The number of piperidine rings is 1. The van der Waals surface area contributed by atoms with Crippen LogP contribution in [0.4, 0.5) is 38.5 Å². The normalized spacial score (nSPS) is 19.2. The van der Waals surface area contributed by atoms with Crippen molar-refractivity contribution >= 4 is 47.0 Å². The molecule has 2 aromatic rings. The quantitative estimate of drug-likeness (QED) is 0.348. The summed E-state index contributed by atoms with van der Waals surface area (Å²) in [5.41, 5.74) is -1.52. The molecule has 1 fully saturated rings. The fourth-order valence-corrected chi connectivity index (χ4v) is 4.97. The fraction of sp³-hybridized carbons (Fsp3) is 0.360. The Morgan fingerprint density at radius 1 is 1.18 bits per heavy atom. The van der Waals surface area contributed by atoms with Crippen molar-refractivity contribution in [2.45, 2.75) is 43.5 Å². The Kier molecular flexibility index (Phi) is 8.10. The van der Waals surface area contributed by atoms with Crippen molar-refractivity contribution in [3.8, 4) is 0 Å². The highest BCUT2D eigenvalue weighted by Gasteiger charge is 2.49. The number of nitrogens with zero attached hydrogens (tertiary/aromatic N) is 1. The highest BCUT2D eigenvalue weighted by Crippen LogP contribution is 2.45. The van der Waals surface area contributed by atoms with E-state index in [1.807, 2.05) is 0 Å². The Morgan fingerprint density at radius 3 is 2.52 bits per heavy atom. The molecule has 2 heterocycles. The summed E-state index contributed by atoms with van der Waals surface area (Å²) in [6, 6.07) is 6.02. The van der Waals surface area contributed by atoms with Gasteiger partial charge in [0.1, 0.15) is 6.04 Å². The minimum absolute atomic E-state index is 0.0335. The molecule has 15 heteroatoms. The van der Waals surface area contributed by atoms with Gasteiger partial charge in [-0.3, -0.25) is 20.2 Å². The first-order valence-corrected chi connectivity index (χ1v) is 12.4. The van der Waals surface area contributed by atoms with E-state index >= 15 is 4.39 Å². The Bertz CT molecular complexity index is 1340. The third-order valence-corrected chi connectivity index (χ3v) is 6.85. The summed E-state index contributed by atoms with van der Waals surface area (Å²) in [7, 11) is 0. The highest BCUT2D eigenvalue weighted by atomic mass is 35.5. The molecule has 0 radical (unpaired) electrons. The van der Waals surface area contributed by atoms with E-state index in [0.29, 0.717) is 0 Å². The van der Waals surface area contributed by atoms with E-state index in [2.05, 4.69) is 16.0 Å². The van der Waals surface area contributed by atoms with Crippen LogP contribution in [0.15, 0.2) is 36.4 Å². The number of ether oxygens (including phenoxy) is 1. The first kappa shape index (κ1) is 28.9. The molecule has 4 N–H and O–H groups in total. The SMILES string of the molecule is O=C(O)Nc1ccc(C(=O)N[C@@H](CCC(F)(F)F)C(=O)N2CCC[C@@]3(C2)OC(=O)Nc2ccc(Cl)c(F)c23)cc1. The number of carboxylic acid groups (broad SMARTS) is 1. The average Bonchev–Trinajstić information content (AvgIpc) is 2.87. The fourth-order valence-electron chi connectivity index (χ4n) is 4.82. The summed E-state index contributed by atoms with van der Waals surface area (Å²) in [6.07, 6.45) is -8.69. The maximum Gasteiger partial charge on any atom is 0.412 e. The summed E-state index contributed by atoms with van der Waals surface area (Å²) < 4.78 is 59.9. The Morgan fingerprint density at radius 2 is 1.88 bits per heavy atom. The lowest BCUT2D eigenvalue weighted by atomic mass is 9.82. The van der Waals surface area contributed by atoms with Crippen LogP contribution >= 0.6 is 11.6 Å². The van der Waals surface area contributed by atoms with Crippen LogP contribution in [0.1, 0.15) is 41.6 Å². The number of hydrogen-bond donors (Lipinski definition) is 4. The molecule has 0 saturated carbocycles. The largest absolute Gasteiger partial charge is 0.465 e. The van der Waals surface area contributed by atoms with Gasteiger partial charge in [0.25, 0.3) is 5.91 Å². The van der Waals surface area contributed by atoms with Gasteiger partial charge in [0.15, 0.2) is 11.4 Å². The average molecular weight is 587 g/mol. The van der Waals surface area contributed by atoms with Crippen molar-refractivity contribution in [3.63, 3.8) is 0 Å². The molecule has 1 spiro atoms. The molecule has 40 heavy (non-hydrogen) atoms. The van der Waals surface area contributed by atoms with Gasteiger partial charge < -0.3 is 20.1 Å². The molecule has 4 amide bonds. The van der Waals surface area contributed by atoms with Crippen LogP contribution in [0.5, 0.6) is 0 Å². The maximum atomic E-state index is 15.2. The van der Waals surface area contributed by atoms with Crippen LogP contribution < -0.4 is 16.0 Å². The maximum absolute atomic E-state index is 15.2. The van der Waals surface area contributed by atoms with Gasteiger partial charge in [-0.05, 0) is 55.7 Å². The number of amides is 4. The number of halogens is 5. The van der Waals surface area contributed by atoms with Gasteiger partial charge in [0.2, 0.25) is 5.91 Å². The third-order valence-electron chi connectivity index (χ3n) is 6.56. The van der Waals surface area contributed by atoms with Gasteiger partial charge in [-0.25, -0.2) is 14.0 Å². The summed E-state index contributed by atoms with van der Waals surface area (Å²) in [6.45, 7) is -0.325. The van der Waals surface area contributed by atoms with E-state index in [1.54, 1.807) is 0 Å². The van der Waals surface area contributed by atoms with Gasteiger partial charge in [0.05, 0.1) is 22.8 Å². The van der Waals surface area contributed by atoms with Gasteiger partial charge in [-0.15, -0.1) is 0 Å². The molecule has 2 aliphatic heterocycles. The second-order valence-electron chi connectivity index (χ2n) is 9.34. The van der Waals surface area contributed by atoms with E-state index in [-0.39, 0.29) is 53.5 Å². The summed E-state index contributed by atoms with van der Waals surface area (Å²) in [5.74, 6) is -2.61. The van der Waals surface area contributed by atoms with Crippen molar-refractivity contribution in [2.24, 2.45) is 0 Å². The molecule has 0 aromatic heterocycles. The number of anilines is 2. The van der Waals surface area contributed by atoms with Crippen molar-refractivity contribution in [3.05, 3.63) is 58.4 Å². The van der Waals surface area contributed by atoms with Crippen LogP contribution in [-0.4, -0.2) is 59.3 Å².